The molecule has 2 aromatic rings. The second-order valence-corrected chi connectivity index (χ2v) is 7.89. The third-order valence-corrected chi connectivity index (χ3v) is 5.13. The van der Waals surface area contributed by atoms with Crippen LogP contribution in [0.15, 0.2) is 18.2 Å². The Labute approximate surface area is 197 Å². The number of benzene rings is 1. The van der Waals surface area contributed by atoms with Crippen molar-refractivity contribution in [1.82, 2.24) is 20.2 Å². The lowest BCUT2D eigenvalue weighted by Gasteiger charge is -2.21. The van der Waals surface area contributed by atoms with Gasteiger partial charge in [0.05, 0.1) is 5.69 Å². The van der Waals surface area contributed by atoms with Crippen LogP contribution in [-0.4, -0.2) is 71.6 Å². The first-order valence-electron chi connectivity index (χ1n) is 10.6. The molecule has 0 saturated heterocycles. The van der Waals surface area contributed by atoms with Crippen molar-refractivity contribution < 1.29 is 23.9 Å². The highest BCUT2D eigenvalue weighted by Crippen LogP contribution is 2.25. The molecule has 1 heterocycles. The minimum atomic E-state index is -1.22. The van der Waals surface area contributed by atoms with Crippen molar-refractivity contribution in [2.45, 2.75) is 32.7 Å². The van der Waals surface area contributed by atoms with Gasteiger partial charge in [0.15, 0.2) is 17.3 Å². The second kappa shape index (κ2) is 11.3. The summed E-state index contributed by atoms with van der Waals surface area (Å²) < 4.78 is 14.3. The first kappa shape index (κ1) is 26.3. The van der Waals surface area contributed by atoms with E-state index in [4.69, 9.17) is 10.8 Å². The van der Waals surface area contributed by atoms with Gasteiger partial charge in [0, 0.05) is 33.4 Å². The maximum absolute atomic E-state index is 14.3. The maximum atomic E-state index is 14.3. The molecule has 12 heteroatoms. The molecule has 1 unspecified atom stereocenters. The van der Waals surface area contributed by atoms with E-state index in [2.05, 4.69) is 20.6 Å². The first-order valence-corrected chi connectivity index (χ1v) is 10.6. The van der Waals surface area contributed by atoms with E-state index < -0.39 is 29.8 Å². The number of carboxylic acid groups (broad SMARTS) is 1. The van der Waals surface area contributed by atoms with E-state index in [9.17, 15) is 18.8 Å². The molecule has 0 radical (unpaired) electrons. The van der Waals surface area contributed by atoms with Gasteiger partial charge in [0.25, 0.3) is 5.91 Å². The molecule has 0 saturated carbocycles. The van der Waals surface area contributed by atoms with Crippen LogP contribution in [0.1, 0.15) is 35.6 Å². The van der Waals surface area contributed by atoms with Crippen LogP contribution in [0.4, 0.5) is 26.5 Å². The molecule has 0 aliphatic rings. The Morgan fingerprint density at radius 2 is 1.85 bits per heavy atom. The maximum Gasteiger partial charge on any atom is 0.407 e. The summed E-state index contributed by atoms with van der Waals surface area (Å²) in [4.78, 5) is 46.5. The van der Waals surface area contributed by atoms with Crippen molar-refractivity contribution in [3.05, 3.63) is 41.0 Å². The summed E-state index contributed by atoms with van der Waals surface area (Å²) in [7, 11) is 4.89. The van der Waals surface area contributed by atoms with Gasteiger partial charge in [-0.1, -0.05) is 6.92 Å². The van der Waals surface area contributed by atoms with Gasteiger partial charge in [0.2, 0.25) is 5.91 Å². The Hall–Kier alpha value is -3.96. The minimum Gasteiger partial charge on any atom is -0.465 e. The molecule has 0 bridgehead atoms. The lowest BCUT2D eigenvalue weighted by Crippen LogP contribution is -2.45. The number of carbonyl (C=O) groups is 3. The summed E-state index contributed by atoms with van der Waals surface area (Å²) >= 11 is 0. The van der Waals surface area contributed by atoms with E-state index in [1.807, 2.05) is 6.92 Å². The van der Waals surface area contributed by atoms with Crippen LogP contribution in [0.2, 0.25) is 0 Å². The monoisotopic (exact) mass is 475 g/mol. The molecule has 0 aliphatic carbocycles. The number of amides is 3. The first-order chi connectivity index (χ1) is 15.9. The molecule has 0 fully saturated rings. The van der Waals surface area contributed by atoms with Crippen LogP contribution in [0.25, 0.3) is 0 Å². The molecular formula is C22H30FN7O4. The third-order valence-electron chi connectivity index (χ3n) is 5.13. The lowest BCUT2D eigenvalue weighted by atomic mass is 10.1. The normalized spacial score (nSPS) is 11.5. The van der Waals surface area contributed by atoms with Crippen molar-refractivity contribution in [3.8, 4) is 0 Å². The highest BCUT2D eigenvalue weighted by Gasteiger charge is 2.21. The number of halogens is 1. The fourth-order valence-electron chi connectivity index (χ4n) is 3.14. The number of rotatable bonds is 10. The predicted molar refractivity (Wildman–Crippen MR) is 126 cm³/mol. The standard InChI is InChI=1S/C22H30FN7O4/c1-6-16-20(29(3)4)28-19(17(27-16)18(24)31)26-15-10-13(9-14(23)11-15)7-8-25-21(32)12(2)30(5)22(33)34/h9-12H,6-8H2,1-5H3,(H2,24,31)(H,25,32)(H,26,28)(H,33,34). The topological polar surface area (TPSA) is 154 Å². The average Bonchev–Trinajstić information content (AvgIpc) is 2.76. The number of nitrogens with two attached hydrogens (primary N) is 1. The Balaban J connectivity index is 2.21. The molecule has 3 amide bonds. The van der Waals surface area contributed by atoms with Crippen LogP contribution in [0.5, 0.6) is 0 Å². The van der Waals surface area contributed by atoms with Crippen molar-refractivity contribution >= 4 is 35.2 Å². The highest BCUT2D eigenvalue weighted by atomic mass is 19.1. The summed E-state index contributed by atoms with van der Waals surface area (Å²) in [5.74, 6) is -1.11. The molecule has 1 atom stereocenters. The van der Waals surface area contributed by atoms with E-state index in [1.165, 1.54) is 26.1 Å². The number of likely N-dealkylation sites (N-methyl/N-ethyl adjacent to an activating group) is 1. The highest BCUT2D eigenvalue weighted by molar-refractivity contribution is 5.96. The van der Waals surface area contributed by atoms with Crippen LogP contribution < -0.4 is 21.3 Å². The average molecular weight is 476 g/mol. The van der Waals surface area contributed by atoms with Gasteiger partial charge >= 0.3 is 6.09 Å². The number of hydrogen-bond acceptors (Lipinski definition) is 7. The number of primary amides is 1. The largest absolute Gasteiger partial charge is 0.465 e. The van der Waals surface area contributed by atoms with E-state index >= 15 is 0 Å². The number of carbonyl (C=O) groups excluding carboxylic acids is 2. The molecule has 184 valence electrons. The van der Waals surface area contributed by atoms with E-state index in [1.54, 1.807) is 25.1 Å². The minimum absolute atomic E-state index is 0.0583. The Morgan fingerprint density at radius 1 is 1.18 bits per heavy atom. The van der Waals surface area contributed by atoms with Gasteiger partial charge in [-0.2, -0.15) is 0 Å². The molecule has 5 N–H and O–H groups in total. The molecule has 1 aromatic carbocycles. The summed E-state index contributed by atoms with van der Waals surface area (Å²) in [5.41, 5.74) is 6.92. The van der Waals surface area contributed by atoms with Crippen LogP contribution >= 0.6 is 0 Å². The van der Waals surface area contributed by atoms with Crippen molar-refractivity contribution in [2.75, 3.05) is 37.9 Å². The number of nitrogens with one attached hydrogen (secondary N) is 2. The fraction of sp³-hybridized carbons (Fsp3) is 0.409. The van der Waals surface area contributed by atoms with Gasteiger partial charge in [-0.25, -0.2) is 19.2 Å². The van der Waals surface area contributed by atoms with Crippen LogP contribution in [-0.2, 0) is 17.6 Å². The lowest BCUT2D eigenvalue weighted by molar-refractivity contribution is -0.124. The zero-order valence-electron chi connectivity index (χ0n) is 19.8. The van der Waals surface area contributed by atoms with Crippen LogP contribution in [0, 0.1) is 5.82 Å². The molecule has 1 aromatic heterocycles. The van der Waals surface area contributed by atoms with Crippen LogP contribution in [0.3, 0.4) is 0 Å². The zero-order valence-corrected chi connectivity index (χ0v) is 19.8. The summed E-state index contributed by atoms with van der Waals surface area (Å²) in [6.07, 6.45) is -0.391. The molecule has 11 nitrogen and oxygen atoms in total. The van der Waals surface area contributed by atoms with Crippen molar-refractivity contribution in [1.29, 1.82) is 0 Å². The number of hydrogen-bond donors (Lipinski definition) is 4. The smallest absolute Gasteiger partial charge is 0.407 e. The summed E-state index contributed by atoms with van der Waals surface area (Å²) in [6, 6.07) is 3.33. The molecule has 2 rings (SSSR count). The molecule has 34 heavy (non-hydrogen) atoms. The second-order valence-electron chi connectivity index (χ2n) is 7.89. The van der Waals surface area contributed by atoms with Gasteiger partial charge < -0.3 is 26.4 Å². The van der Waals surface area contributed by atoms with Gasteiger partial charge in [-0.05, 0) is 43.5 Å². The van der Waals surface area contributed by atoms with Crippen molar-refractivity contribution in [2.24, 2.45) is 5.73 Å². The molecule has 0 spiro atoms. The van der Waals surface area contributed by atoms with Gasteiger partial charge in [-0.15, -0.1) is 0 Å². The van der Waals surface area contributed by atoms with Crippen molar-refractivity contribution in [3.63, 3.8) is 0 Å². The Bertz CT molecular complexity index is 1080. The van der Waals surface area contributed by atoms with Gasteiger partial charge in [0.1, 0.15) is 11.9 Å². The number of anilines is 3. The van der Waals surface area contributed by atoms with Gasteiger partial charge in [-0.3, -0.25) is 14.5 Å². The summed E-state index contributed by atoms with van der Waals surface area (Å²) in [6.45, 7) is 3.52. The van der Waals surface area contributed by atoms with E-state index in [0.717, 1.165) is 4.90 Å². The zero-order chi connectivity index (χ0) is 25.6. The quantitative estimate of drug-likeness (QED) is 0.405. The SMILES string of the molecule is CCc1nc(C(N)=O)c(Nc2cc(F)cc(CCNC(=O)C(C)N(C)C(=O)O)c2)nc1N(C)C. The predicted octanol–water partition coefficient (Wildman–Crippen LogP) is 1.74. The third kappa shape index (κ3) is 6.53. The van der Waals surface area contributed by atoms with E-state index in [-0.39, 0.29) is 24.5 Å². The summed E-state index contributed by atoms with van der Waals surface area (Å²) in [5, 5.41) is 14.5. The Kier molecular flexibility index (Phi) is 8.70. The molecular weight excluding hydrogens is 445 g/mol. The number of aryl methyl sites for hydroxylation is 1. The van der Waals surface area contributed by atoms with E-state index in [0.29, 0.717) is 29.2 Å². The number of nitrogens with zero attached hydrogens (tertiary/aromatic N) is 4. The number of aromatic nitrogens is 2. The Morgan fingerprint density at radius 3 is 2.41 bits per heavy atom. The molecule has 0 aliphatic heterocycles. The fourth-order valence-corrected chi connectivity index (χ4v) is 3.14.